The summed E-state index contributed by atoms with van der Waals surface area (Å²) in [5.41, 5.74) is 5.09. The van der Waals surface area contributed by atoms with Crippen molar-refractivity contribution in [3.8, 4) is 0 Å². The molecule has 13 heavy (non-hydrogen) atoms. The summed E-state index contributed by atoms with van der Waals surface area (Å²) in [6, 6.07) is 6.81. The van der Waals surface area contributed by atoms with Crippen LogP contribution in [-0.4, -0.2) is 4.98 Å². The molecule has 0 amide bonds. The zero-order chi connectivity index (χ0) is 9.42. The van der Waals surface area contributed by atoms with Gasteiger partial charge in [0.05, 0.1) is 11.2 Å². The van der Waals surface area contributed by atoms with Crippen LogP contribution >= 0.6 is 0 Å². The number of fused-ring (bicyclic) bond motifs is 1. The van der Waals surface area contributed by atoms with Gasteiger partial charge in [0.2, 0.25) is 5.82 Å². The van der Waals surface area contributed by atoms with E-state index in [0.29, 0.717) is 10.9 Å². The Bertz CT molecular complexity index is 518. The number of nitrogens with two attached hydrogens (primary N) is 1. The van der Waals surface area contributed by atoms with Gasteiger partial charge in [0, 0.05) is 5.39 Å². The van der Waals surface area contributed by atoms with Crippen molar-refractivity contribution in [3.05, 3.63) is 40.4 Å². The molecule has 0 aliphatic carbocycles. The molecule has 0 fully saturated rings. The lowest BCUT2D eigenvalue weighted by Crippen LogP contribution is -2.13. The van der Waals surface area contributed by atoms with E-state index in [2.05, 4.69) is 4.98 Å². The molecule has 0 saturated carbocycles. The molecule has 3 nitrogen and oxygen atoms in total. The number of halogens is 1. The maximum atomic E-state index is 13.0. The smallest absolute Gasteiger partial charge is 0.286 e. The van der Waals surface area contributed by atoms with E-state index < -0.39 is 11.4 Å². The SMILES string of the molecule is Nc1c(F)c(=O)[nH]c2ccccc12. The molecule has 1 heterocycles. The van der Waals surface area contributed by atoms with Crippen LogP contribution in [-0.2, 0) is 0 Å². The van der Waals surface area contributed by atoms with E-state index in [9.17, 15) is 9.18 Å². The topological polar surface area (TPSA) is 58.9 Å². The van der Waals surface area contributed by atoms with Gasteiger partial charge in [0.25, 0.3) is 5.56 Å². The van der Waals surface area contributed by atoms with Crippen molar-refractivity contribution in [2.75, 3.05) is 5.73 Å². The summed E-state index contributed by atoms with van der Waals surface area (Å²) in [7, 11) is 0. The van der Waals surface area contributed by atoms with Gasteiger partial charge in [-0.05, 0) is 6.07 Å². The quantitative estimate of drug-likeness (QED) is 0.637. The zero-order valence-corrected chi connectivity index (χ0v) is 6.67. The van der Waals surface area contributed by atoms with Gasteiger partial charge in [0.15, 0.2) is 0 Å². The fraction of sp³-hybridized carbons (Fsp3) is 0. The maximum absolute atomic E-state index is 13.0. The predicted octanol–water partition coefficient (Wildman–Crippen LogP) is 1.25. The molecule has 4 heteroatoms. The van der Waals surface area contributed by atoms with Gasteiger partial charge in [-0.3, -0.25) is 4.79 Å². The van der Waals surface area contributed by atoms with Crippen LogP contribution in [0.3, 0.4) is 0 Å². The summed E-state index contributed by atoms with van der Waals surface area (Å²) >= 11 is 0. The molecule has 1 aromatic carbocycles. The molecule has 0 saturated heterocycles. The first-order valence-electron chi connectivity index (χ1n) is 3.76. The van der Waals surface area contributed by atoms with Gasteiger partial charge in [-0.1, -0.05) is 18.2 Å². The van der Waals surface area contributed by atoms with E-state index in [1.54, 1.807) is 24.3 Å². The van der Waals surface area contributed by atoms with Crippen molar-refractivity contribution >= 4 is 16.6 Å². The molecule has 0 spiro atoms. The van der Waals surface area contributed by atoms with Gasteiger partial charge in [-0.15, -0.1) is 0 Å². The van der Waals surface area contributed by atoms with Crippen LogP contribution in [0.5, 0.6) is 0 Å². The number of hydrogen-bond donors (Lipinski definition) is 2. The van der Waals surface area contributed by atoms with Gasteiger partial charge in [0.1, 0.15) is 0 Å². The lowest BCUT2D eigenvalue weighted by molar-refractivity contribution is 0.616. The van der Waals surface area contributed by atoms with E-state index in [0.717, 1.165) is 0 Å². The fourth-order valence-corrected chi connectivity index (χ4v) is 1.24. The highest BCUT2D eigenvalue weighted by Gasteiger charge is 2.07. The van der Waals surface area contributed by atoms with Crippen LogP contribution in [0.15, 0.2) is 29.1 Å². The molecule has 66 valence electrons. The van der Waals surface area contributed by atoms with Gasteiger partial charge in [-0.2, -0.15) is 4.39 Å². The summed E-state index contributed by atoms with van der Waals surface area (Å²) < 4.78 is 13.0. The highest BCUT2D eigenvalue weighted by Crippen LogP contribution is 2.18. The molecule has 0 aliphatic rings. The minimum atomic E-state index is -0.918. The van der Waals surface area contributed by atoms with Crippen LogP contribution < -0.4 is 11.3 Å². The molecule has 2 rings (SSSR count). The molecule has 0 bridgehead atoms. The molecule has 1 aromatic heterocycles. The lowest BCUT2D eigenvalue weighted by Gasteiger charge is -2.01. The first-order valence-corrected chi connectivity index (χ1v) is 3.76. The number of benzene rings is 1. The molecule has 3 N–H and O–H groups in total. The van der Waals surface area contributed by atoms with E-state index in [1.165, 1.54) is 0 Å². The zero-order valence-electron chi connectivity index (χ0n) is 6.67. The standard InChI is InChI=1S/C9H7FN2O/c10-7-8(11)5-3-1-2-4-6(5)12-9(7)13/h1-4H,(H3,11,12,13). The second-order valence-corrected chi connectivity index (χ2v) is 2.73. The van der Waals surface area contributed by atoms with E-state index in [-0.39, 0.29) is 5.69 Å². The number of aromatic nitrogens is 1. The average molecular weight is 178 g/mol. The van der Waals surface area contributed by atoms with Crippen molar-refractivity contribution in [1.29, 1.82) is 0 Å². The highest BCUT2D eigenvalue weighted by molar-refractivity contribution is 5.89. The predicted molar refractivity (Wildman–Crippen MR) is 48.9 cm³/mol. The Labute approximate surface area is 73.0 Å². The van der Waals surface area contributed by atoms with E-state index >= 15 is 0 Å². The summed E-state index contributed by atoms with van der Waals surface area (Å²) in [5, 5.41) is 0.527. The number of H-pyrrole nitrogens is 1. The second kappa shape index (κ2) is 2.58. The first-order chi connectivity index (χ1) is 6.20. The van der Waals surface area contributed by atoms with E-state index in [4.69, 9.17) is 5.73 Å². The van der Waals surface area contributed by atoms with Gasteiger partial charge in [-0.25, -0.2) is 0 Å². The van der Waals surface area contributed by atoms with Crippen molar-refractivity contribution in [2.24, 2.45) is 0 Å². The summed E-state index contributed by atoms with van der Waals surface area (Å²) in [6.07, 6.45) is 0. The molecule has 0 aliphatic heterocycles. The normalized spacial score (nSPS) is 10.5. The number of hydrogen-bond acceptors (Lipinski definition) is 2. The molecular weight excluding hydrogens is 171 g/mol. The Hall–Kier alpha value is -1.84. The summed E-state index contributed by atoms with van der Waals surface area (Å²) in [5.74, 6) is -0.918. The van der Waals surface area contributed by atoms with Crippen molar-refractivity contribution in [1.82, 2.24) is 4.98 Å². The fourth-order valence-electron chi connectivity index (χ4n) is 1.24. The number of rotatable bonds is 0. The number of para-hydroxylation sites is 1. The Morgan fingerprint density at radius 3 is 2.77 bits per heavy atom. The minimum absolute atomic E-state index is 0.0978. The van der Waals surface area contributed by atoms with Crippen LogP contribution in [0.4, 0.5) is 10.1 Å². The molecule has 0 radical (unpaired) electrons. The van der Waals surface area contributed by atoms with Crippen molar-refractivity contribution < 1.29 is 4.39 Å². The monoisotopic (exact) mass is 178 g/mol. The first kappa shape index (κ1) is 7.79. The number of nitrogen functional groups attached to an aromatic ring is 1. The largest absolute Gasteiger partial charge is 0.396 e. The summed E-state index contributed by atoms with van der Waals surface area (Å²) in [4.78, 5) is 13.3. The Balaban J connectivity index is 3.02. The highest BCUT2D eigenvalue weighted by atomic mass is 19.1. The van der Waals surface area contributed by atoms with Crippen LogP contribution in [0.1, 0.15) is 0 Å². The average Bonchev–Trinajstić information content (AvgIpc) is 2.15. The minimum Gasteiger partial charge on any atom is -0.396 e. The third kappa shape index (κ3) is 1.07. The molecular formula is C9H7FN2O. The van der Waals surface area contributed by atoms with Crippen LogP contribution in [0.25, 0.3) is 10.9 Å². The van der Waals surface area contributed by atoms with Gasteiger partial charge < -0.3 is 10.7 Å². The Kier molecular flexibility index (Phi) is 1.55. The molecule has 0 atom stereocenters. The van der Waals surface area contributed by atoms with Crippen LogP contribution in [0.2, 0.25) is 0 Å². The van der Waals surface area contributed by atoms with Crippen molar-refractivity contribution in [2.45, 2.75) is 0 Å². The third-order valence-electron chi connectivity index (χ3n) is 1.90. The second-order valence-electron chi connectivity index (χ2n) is 2.73. The van der Waals surface area contributed by atoms with Crippen molar-refractivity contribution in [3.63, 3.8) is 0 Å². The lowest BCUT2D eigenvalue weighted by atomic mass is 10.2. The molecule has 2 aromatic rings. The Morgan fingerprint density at radius 1 is 1.31 bits per heavy atom. The number of pyridine rings is 1. The number of anilines is 1. The summed E-state index contributed by atoms with van der Waals surface area (Å²) in [6.45, 7) is 0. The van der Waals surface area contributed by atoms with E-state index in [1.807, 2.05) is 0 Å². The molecule has 0 unspecified atom stereocenters. The third-order valence-corrected chi connectivity index (χ3v) is 1.90. The van der Waals surface area contributed by atoms with Crippen LogP contribution in [0, 0.1) is 5.82 Å². The maximum Gasteiger partial charge on any atom is 0.286 e. The number of aromatic amines is 1. The Morgan fingerprint density at radius 2 is 2.00 bits per heavy atom. The number of nitrogens with one attached hydrogen (secondary N) is 1. The van der Waals surface area contributed by atoms with Gasteiger partial charge >= 0.3 is 0 Å².